The van der Waals surface area contributed by atoms with Gasteiger partial charge in [-0.15, -0.1) is 0 Å². The minimum atomic E-state index is -4.99. The van der Waals surface area contributed by atoms with E-state index in [1.165, 1.54) is 154 Å². The number of unbranched alkanes of at least 4 members (excludes halogenated alkanes) is 34. The Morgan fingerprint density at radius 1 is 0.275 bits per heavy atom. The van der Waals surface area contributed by atoms with Crippen LogP contribution in [0.15, 0.2) is 97.2 Å². The van der Waals surface area contributed by atoms with Gasteiger partial charge in [-0.1, -0.05) is 318 Å². The van der Waals surface area contributed by atoms with E-state index < -0.39 is 97.5 Å². The zero-order valence-corrected chi connectivity index (χ0v) is 66.3. The summed E-state index contributed by atoms with van der Waals surface area (Å²) in [6, 6.07) is 0. The highest BCUT2D eigenvalue weighted by molar-refractivity contribution is 7.47. The highest BCUT2D eigenvalue weighted by Gasteiger charge is 2.30. The lowest BCUT2D eigenvalue weighted by Gasteiger charge is -2.21. The summed E-state index contributed by atoms with van der Waals surface area (Å²) in [6.07, 6.45) is 79.7. The molecular formula is C83H146O17P2. The molecule has 0 bridgehead atoms. The molecule has 0 saturated carbocycles. The Kier molecular flexibility index (Phi) is 72.3. The maximum Gasteiger partial charge on any atom is 0.472 e. The average Bonchev–Trinajstić information content (AvgIpc) is 0.908. The van der Waals surface area contributed by atoms with Crippen LogP contribution in [0.3, 0.4) is 0 Å². The molecule has 590 valence electrons. The van der Waals surface area contributed by atoms with Gasteiger partial charge in [0.25, 0.3) is 0 Å². The molecule has 0 saturated heterocycles. The molecule has 0 aromatic carbocycles. The Hall–Kier alpha value is -4.02. The zero-order valence-electron chi connectivity index (χ0n) is 64.5. The Balaban J connectivity index is 5.42. The number of hydrogen-bond acceptors (Lipinski definition) is 15. The van der Waals surface area contributed by atoms with E-state index in [1.807, 2.05) is 24.3 Å². The molecular weight excluding hydrogens is 1330 g/mol. The van der Waals surface area contributed by atoms with Crippen LogP contribution in [0.2, 0.25) is 0 Å². The lowest BCUT2D eigenvalue weighted by Crippen LogP contribution is -2.30. The summed E-state index contributed by atoms with van der Waals surface area (Å²) in [6.45, 7) is 4.75. The monoisotopic (exact) mass is 1480 g/mol. The van der Waals surface area contributed by atoms with Crippen molar-refractivity contribution < 1.29 is 80.2 Å². The Morgan fingerprint density at radius 2 is 0.490 bits per heavy atom. The number of aliphatic hydroxyl groups excluding tert-OH is 1. The molecule has 19 heteroatoms. The predicted octanol–water partition coefficient (Wildman–Crippen LogP) is 23.6. The van der Waals surface area contributed by atoms with E-state index in [1.54, 1.807) is 0 Å². The third-order valence-corrected chi connectivity index (χ3v) is 19.0. The number of esters is 4. The summed E-state index contributed by atoms with van der Waals surface area (Å²) in [7, 11) is -9.98. The van der Waals surface area contributed by atoms with E-state index in [9.17, 15) is 43.2 Å². The number of ether oxygens (including phenoxy) is 4. The highest BCUT2D eigenvalue weighted by atomic mass is 31.2. The van der Waals surface area contributed by atoms with Gasteiger partial charge in [0.15, 0.2) is 12.2 Å². The van der Waals surface area contributed by atoms with E-state index in [0.29, 0.717) is 38.5 Å². The van der Waals surface area contributed by atoms with Crippen LogP contribution in [-0.2, 0) is 65.4 Å². The summed E-state index contributed by atoms with van der Waals surface area (Å²) >= 11 is 0. The normalized spacial score (nSPS) is 14.4. The van der Waals surface area contributed by atoms with Gasteiger partial charge in [0.1, 0.15) is 19.3 Å². The van der Waals surface area contributed by atoms with Crippen LogP contribution in [0.5, 0.6) is 0 Å². The van der Waals surface area contributed by atoms with Gasteiger partial charge in [0.2, 0.25) is 0 Å². The number of hydrogen-bond donors (Lipinski definition) is 3. The first kappa shape index (κ1) is 98.0. The van der Waals surface area contributed by atoms with Crippen molar-refractivity contribution in [3.05, 3.63) is 97.2 Å². The van der Waals surface area contributed by atoms with E-state index in [2.05, 4.69) is 101 Å². The second-order valence-electron chi connectivity index (χ2n) is 27.0. The topological polar surface area (TPSA) is 237 Å². The summed E-state index contributed by atoms with van der Waals surface area (Å²) in [5.74, 6) is -2.28. The Morgan fingerprint density at radius 3 is 0.765 bits per heavy atom. The van der Waals surface area contributed by atoms with Crippen LogP contribution in [0.4, 0.5) is 0 Å². The first-order chi connectivity index (χ1) is 49.7. The number of phosphoric ester groups is 2. The molecule has 0 aromatic heterocycles. The van der Waals surface area contributed by atoms with Crippen molar-refractivity contribution in [2.45, 2.75) is 367 Å². The van der Waals surface area contributed by atoms with Crippen molar-refractivity contribution in [2.75, 3.05) is 39.6 Å². The van der Waals surface area contributed by atoms with E-state index in [4.69, 9.17) is 37.0 Å². The Labute approximate surface area is 620 Å². The first-order valence-corrected chi connectivity index (χ1v) is 43.5. The van der Waals surface area contributed by atoms with Crippen molar-refractivity contribution in [3.63, 3.8) is 0 Å². The second kappa shape index (κ2) is 75.2. The third kappa shape index (κ3) is 74.3. The van der Waals surface area contributed by atoms with Crippen molar-refractivity contribution >= 4 is 39.5 Å². The van der Waals surface area contributed by atoms with E-state index >= 15 is 0 Å². The summed E-state index contributed by atoms with van der Waals surface area (Å²) in [5.41, 5.74) is 0. The fraction of sp³-hybridized carbons (Fsp3) is 0.759. The van der Waals surface area contributed by atoms with Crippen LogP contribution >= 0.6 is 15.6 Å². The molecule has 5 atom stereocenters. The van der Waals surface area contributed by atoms with Crippen molar-refractivity contribution in [1.29, 1.82) is 0 Å². The predicted molar refractivity (Wildman–Crippen MR) is 418 cm³/mol. The maximum absolute atomic E-state index is 13.1. The van der Waals surface area contributed by atoms with Gasteiger partial charge in [0, 0.05) is 25.7 Å². The minimum Gasteiger partial charge on any atom is -0.462 e. The summed E-state index contributed by atoms with van der Waals surface area (Å²) in [4.78, 5) is 73.0. The number of rotatable bonds is 76. The van der Waals surface area contributed by atoms with Gasteiger partial charge >= 0.3 is 39.5 Å². The van der Waals surface area contributed by atoms with E-state index in [0.717, 1.165) is 103 Å². The highest BCUT2D eigenvalue weighted by Crippen LogP contribution is 2.45. The number of phosphoric acid groups is 2. The maximum atomic E-state index is 13.1. The fourth-order valence-electron chi connectivity index (χ4n) is 10.9. The van der Waals surface area contributed by atoms with Gasteiger partial charge in [-0.25, -0.2) is 9.13 Å². The average molecular weight is 1480 g/mol. The number of carbonyl (C=O) groups excluding carboxylic acids is 4. The number of carbonyl (C=O) groups is 4. The van der Waals surface area contributed by atoms with Gasteiger partial charge in [0.05, 0.1) is 26.4 Å². The van der Waals surface area contributed by atoms with Gasteiger partial charge in [-0.05, 0) is 103 Å². The number of allylic oxidation sites excluding steroid dienone is 16. The summed E-state index contributed by atoms with van der Waals surface area (Å²) in [5, 5.41) is 10.6. The van der Waals surface area contributed by atoms with E-state index in [-0.39, 0.29) is 25.7 Å². The molecule has 102 heavy (non-hydrogen) atoms. The molecule has 0 radical (unpaired) electrons. The molecule has 17 nitrogen and oxygen atoms in total. The molecule has 0 fully saturated rings. The quantitative estimate of drug-likeness (QED) is 0.0169. The molecule has 0 spiro atoms. The first-order valence-electron chi connectivity index (χ1n) is 40.5. The molecule has 0 heterocycles. The SMILES string of the molecule is CCCCC/C=C\C/C=C\C/C=C\C/C=C\CCCC(=O)OC[C@H](COP(=O)(O)OC[C@@H](O)COP(=O)(O)OC[C@@H](COC(=O)CCC/C=C\C/C=C\C/C=C\C/C=C\CCCCC)OC(=O)CCCCCCCCCCCCCCCCC)OC(=O)CCCCCCCCCCCCCCC. The smallest absolute Gasteiger partial charge is 0.462 e. The van der Waals surface area contributed by atoms with Crippen molar-refractivity contribution in [3.8, 4) is 0 Å². The molecule has 3 N–H and O–H groups in total. The summed E-state index contributed by atoms with van der Waals surface area (Å²) < 4.78 is 68.5. The van der Waals surface area contributed by atoms with Crippen LogP contribution in [0.25, 0.3) is 0 Å². The van der Waals surface area contributed by atoms with Gasteiger partial charge < -0.3 is 33.8 Å². The minimum absolute atomic E-state index is 0.0856. The third-order valence-electron chi connectivity index (χ3n) is 17.1. The largest absolute Gasteiger partial charge is 0.472 e. The molecule has 0 aliphatic rings. The molecule has 0 aromatic rings. The Bertz CT molecular complexity index is 2310. The lowest BCUT2D eigenvalue weighted by atomic mass is 10.0. The van der Waals surface area contributed by atoms with Crippen molar-refractivity contribution in [2.24, 2.45) is 0 Å². The molecule has 0 rings (SSSR count). The van der Waals surface area contributed by atoms with Crippen LogP contribution in [0, 0.1) is 0 Å². The van der Waals surface area contributed by atoms with Crippen LogP contribution < -0.4 is 0 Å². The van der Waals surface area contributed by atoms with Gasteiger partial charge in [-0.3, -0.25) is 37.3 Å². The standard InChI is InChI=1S/C83H146O17P2/c1-5-9-13-17-21-25-29-33-36-38-41-44-47-51-55-59-63-67-80(85)93-73-78(99-82(87)69-65-61-57-53-49-43-32-28-24-20-16-12-8-4)75-97-101(89,90)95-71-77(84)72-96-102(91,92)98-76-79(100-83(88)70-66-62-58-54-50-46-40-35-31-27-23-19-15-11-7-3)74-94-81(86)68-64-60-56-52-48-45-42-39-37-34-30-26-22-18-14-10-6-2/h21-22,25-26,33-34,36-37,41-42,44-45,51-52,55-56,77-79,84H,5-20,23-24,27-32,35,38-40,43,46-50,53-54,57-76H2,1-4H3,(H,89,90)(H,91,92)/b25-21-,26-22-,36-33-,37-34-,44-41-,45-42-,55-51-,56-52-/t77-,78-,79-/m1/s1. The lowest BCUT2D eigenvalue weighted by molar-refractivity contribution is -0.161. The van der Waals surface area contributed by atoms with Crippen LogP contribution in [0.1, 0.15) is 349 Å². The zero-order chi connectivity index (χ0) is 74.6. The van der Waals surface area contributed by atoms with Crippen molar-refractivity contribution in [1.82, 2.24) is 0 Å². The second-order valence-corrected chi connectivity index (χ2v) is 29.9. The van der Waals surface area contributed by atoms with Crippen LogP contribution in [-0.4, -0.2) is 96.7 Å². The molecule has 0 amide bonds. The number of aliphatic hydroxyl groups is 1. The molecule has 0 aliphatic carbocycles. The fourth-order valence-corrected chi connectivity index (χ4v) is 12.4. The van der Waals surface area contributed by atoms with Gasteiger partial charge in [-0.2, -0.15) is 0 Å². The molecule has 0 aliphatic heterocycles. The molecule has 2 unspecified atom stereocenters.